The molecule has 0 saturated carbocycles. The first-order valence-corrected chi connectivity index (χ1v) is 5.60. The Balaban J connectivity index is 2.24. The summed E-state index contributed by atoms with van der Waals surface area (Å²) in [6, 6.07) is 12.1. The molecule has 1 aromatic carbocycles. The smallest absolute Gasteiger partial charge is 0.335 e. The highest BCUT2D eigenvalue weighted by Gasteiger charge is 2.09. The number of anilines is 1. The van der Waals surface area contributed by atoms with E-state index >= 15 is 0 Å². The number of nitrogen functional groups attached to an aromatic ring is 1. The van der Waals surface area contributed by atoms with Crippen LogP contribution in [-0.2, 0) is 0 Å². The first-order valence-electron chi connectivity index (χ1n) is 5.60. The highest BCUT2D eigenvalue weighted by atomic mass is 16.4. The van der Waals surface area contributed by atoms with Gasteiger partial charge in [-0.05, 0) is 24.3 Å². The number of benzene rings is 1. The normalized spacial score (nSPS) is 10.7. The Morgan fingerprint density at radius 1 is 1.21 bits per heavy atom. The second kappa shape index (κ2) is 4.09. The molecule has 0 aliphatic heterocycles. The van der Waals surface area contributed by atoms with E-state index < -0.39 is 5.97 Å². The lowest BCUT2D eigenvalue weighted by atomic mass is 10.1. The predicted octanol–water partition coefficient (Wildman–Crippen LogP) is 1.68. The van der Waals surface area contributed by atoms with Gasteiger partial charge in [0.05, 0.1) is 11.3 Å². The Labute approximate surface area is 108 Å². The summed E-state index contributed by atoms with van der Waals surface area (Å²) in [4.78, 5) is 15.1. The zero-order chi connectivity index (χ0) is 13.4. The molecule has 2 heterocycles. The van der Waals surface area contributed by atoms with Gasteiger partial charge in [0, 0.05) is 5.56 Å². The Hall–Kier alpha value is -2.89. The lowest BCUT2D eigenvalue weighted by Gasteiger charge is -2.05. The number of rotatable bonds is 2. The maximum atomic E-state index is 11.0. The molecule has 19 heavy (non-hydrogen) atoms. The SMILES string of the molecule is Nc1nc2cccc(-c3cccc(C(=O)O)c3)n2n1. The molecule has 94 valence electrons. The zero-order valence-corrected chi connectivity index (χ0v) is 9.82. The van der Waals surface area contributed by atoms with Crippen molar-refractivity contribution in [1.29, 1.82) is 0 Å². The number of hydrogen-bond donors (Lipinski definition) is 2. The Bertz CT molecular complexity index is 779. The Morgan fingerprint density at radius 3 is 2.79 bits per heavy atom. The minimum absolute atomic E-state index is 0.182. The summed E-state index contributed by atoms with van der Waals surface area (Å²) in [5.74, 6) is -0.783. The number of aromatic carboxylic acids is 1. The molecule has 3 aromatic rings. The number of aromatic nitrogens is 3. The standard InChI is InChI=1S/C13H10N4O2/c14-13-15-11-6-2-5-10(17(11)16-13)8-3-1-4-9(7-8)12(18)19/h1-7H,(H2,14,16)(H,18,19). The molecule has 0 saturated heterocycles. The van der Waals surface area contributed by atoms with E-state index in [4.69, 9.17) is 10.8 Å². The van der Waals surface area contributed by atoms with Crippen LogP contribution in [0.15, 0.2) is 42.5 Å². The molecule has 0 spiro atoms. The second-order valence-corrected chi connectivity index (χ2v) is 4.04. The fourth-order valence-electron chi connectivity index (χ4n) is 1.95. The molecular weight excluding hydrogens is 244 g/mol. The second-order valence-electron chi connectivity index (χ2n) is 4.04. The summed E-state index contributed by atoms with van der Waals surface area (Å²) in [5.41, 5.74) is 7.91. The summed E-state index contributed by atoms with van der Waals surface area (Å²) >= 11 is 0. The third-order valence-corrected chi connectivity index (χ3v) is 2.78. The molecule has 0 amide bonds. The Kier molecular flexibility index (Phi) is 2.42. The minimum Gasteiger partial charge on any atom is -0.478 e. The molecule has 0 radical (unpaired) electrons. The summed E-state index contributed by atoms with van der Waals surface area (Å²) in [5, 5.41) is 13.1. The van der Waals surface area contributed by atoms with Crippen molar-refractivity contribution in [1.82, 2.24) is 14.6 Å². The third-order valence-electron chi connectivity index (χ3n) is 2.78. The monoisotopic (exact) mass is 254 g/mol. The maximum absolute atomic E-state index is 11.0. The molecule has 2 aromatic heterocycles. The zero-order valence-electron chi connectivity index (χ0n) is 9.82. The van der Waals surface area contributed by atoms with Crippen molar-refractivity contribution < 1.29 is 9.90 Å². The molecule has 3 rings (SSSR count). The van der Waals surface area contributed by atoms with E-state index in [2.05, 4.69) is 10.1 Å². The van der Waals surface area contributed by atoms with Crippen molar-refractivity contribution in [3.05, 3.63) is 48.0 Å². The first kappa shape index (κ1) is 11.2. The molecule has 6 nitrogen and oxygen atoms in total. The van der Waals surface area contributed by atoms with Crippen LogP contribution in [0.1, 0.15) is 10.4 Å². The van der Waals surface area contributed by atoms with Crippen molar-refractivity contribution in [2.24, 2.45) is 0 Å². The molecule has 0 fully saturated rings. The quantitative estimate of drug-likeness (QED) is 0.725. The van der Waals surface area contributed by atoms with Crippen molar-refractivity contribution in [2.45, 2.75) is 0 Å². The minimum atomic E-state index is -0.966. The lowest BCUT2D eigenvalue weighted by Crippen LogP contribution is -1.98. The van der Waals surface area contributed by atoms with Gasteiger partial charge in [-0.15, -0.1) is 5.10 Å². The number of fused-ring (bicyclic) bond motifs is 1. The van der Waals surface area contributed by atoms with E-state index in [0.717, 1.165) is 11.3 Å². The predicted molar refractivity (Wildman–Crippen MR) is 69.8 cm³/mol. The van der Waals surface area contributed by atoms with Gasteiger partial charge in [-0.3, -0.25) is 0 Å². The van der Waals surface area contributed by atoms with Crippen molar-refractivity contribution >= 4 is 17.6 Å². The van der Waals surface area contributed by atoms with Crippen LogP contribution in [0.25, 0.3) is 16.9 Å². The molecule has 0 aliphatic carbocycles. The van der Waals surface area contributed by atoms with Gasteiger partial charge in [0.1, 0.15) is 0 Å². The van der Waals surface area contributed by atoms with Crippen LogP contribution >= 0.6 is 0 Å². The van der Waals surface area contributed by atoms with Gasteiger partial charge >= 0.3 is 5.97 Å². The van der Waals surface area contributed by atoms with Crippen molar-refractivity contribution in [2.75, 3.05) is 5.73 Å². The summed E-state index contributed by atoms with van der Waals surface area (Å²) in [6.45, 7) is 0. The number of carboxylic acid groups (broad SMARTS) is 1. The van der Waals surface area contributed by atoms with Crippen molar-refractivity contribution in [3.63, 3.8) is 0 Å². The number of nitrogens with zero attached hydrogens (tertiary/aromatic N) is 3. The van der Waals surface area contributed by atoms with Gasteiger partial charge in [-0.1, -0.05) is 18.2 Å². The largest absolute Gasteiger partial charge is 0.478 e. The molecule has 0 atom stereocenters. The average molecular weight is 254 g/mol. The van der Waals surface area contributed by atoms with E-state index in [0.29, 0.717) is 5.65 Å². The number of carboxylic acids is 1. The number of nitrogens with two attached hydrogens (primary N) is 1. The van der Waals surface area contributed by atoms with Crippen LogP contribution in [0.5, 0.6) is 0 Å². The highest BCUT2D eigenvalue weighted by Crippen LogP contribution is 2.21. The van der Waals surface area contributed by atoms with Gasteiger partial charge in [-0.2, -0.15) is 4.98 Å². The van der Waals surface area contributed by atoms with E-state index in [1.54, 1.807) is 28.8 Å². The van der Waals surface area contributed by atoms with Crippen molar-refractivity contribution in [3.8, 4) is 11.3 Å². The summed E-state index contributed by atoms with van der Waals surface area (Å²) < 4.78 is 1.59. The average Bonchev–Trinajstić information content (AvgIpc) is 2.78. The number of pyridine rings is 1. The van der Waals surface area contributed by atoms with Crippen LogP contribution in [0.3, 0.4) is 0 Å². The molecule has 6 heteroatoms. The summed E-state index contributed by atoms with van der Waals surface area (Å²) in [7, 11) is 0. The fourth-order valence-corrected chi connectivity index (χ4v) is 1.95. The third kappa shape index (κ3) is 1.89. The van der Waals surface area contributed by atoms with E-state index in [-0.39, 0.29) is 11.5 Å². The van der Waals surface area contributed by atoms with Gasteiger partial charge < -0.3 is 10.8 Å². The van der Waals surface area contributed by atoms with E-state index in [1.807, 2.05) is 18.2 Å². The van der Waals surface area contributed by atoms with Crippen LogP contribution in [-0.4, -0.2) is 25.7 Å². The van der Waals surface area contributed by atoms with Crippen LogP contribution in [0, 0.1) is 0 Å². The van der Waals surface area contributed by atoms with Gasteiger partial charge in [0.25, 0.3) is 0 Å². The molecule has 0 unspecified atom stereocenters. The lowest BCUT2D eigenvalue weighted by molar-refractivity contribution is 0.0697. The maximum Gasteiger partial charge on any atom is 0.335 e. The van der Waals surface area contributed by atoms with Crippen LogP contribution < -0.4 is 5.73 Å². The van der Waals surface area contributed by atoms with Gasteiger partial charge in [0.15, 0.2) is 5.65 Å². The van der Waals surface area contributed by atoms with E-state index in [9.17, 15) is 4.79 Å². The highest BCUT2D eigenvalue weighted by molar-refractivity contribution is 5.89. The fraction of sp³-hybridized carbons (Fsp3) is 0. The van der Waals surface area contributed by atoms with Gasteiger partial charge in [-0.25, -0.2) is 9.31 Å². The van der Waals surface area contributed by atoms with Gasteiger partial charge in [0.2, 0.25) is 5.95 Å². The van der Waals surface area contributed by atoms with Crippen LogP contribution in [0.2, 0.25) is 0 Å². The molecule has 0 bridgehead atoms. The molecular formula is C13H10N4O2. The molecule has 3 N–H and O–H groups in total. The Morgan fingerprint density at radius 2 is 2.00 bits per heavy atom. The number of hydrogen-bond acceptors (Lipinski definition) is 4. The topological polar surface area (TPSA) is 93.5 Å². The van der Waals surface area contributed by atoms with E-state index in [1.165, 1.54) is 0 Å². The van der Waals surface area contributed by atoms with Crippen LogP contribution in [0.4, 0.5) is 5.95 Å². The molecule has 0 aliphatic rings. The first-order chi connectivity index (χ1) is 9.15. The number of carbonyl (C=O) groups is 1. The summed E-state index contributed by atoms with van der Waals surface area (Å²) in [6.07, 6.45) is 0.